The predicted molar refractivity (Wildman–Crippen MR) is 44.9 cm³/mol. The Morgan fingerprint density at radius 3 is 3.15 bits per heavy atom. The minimum atomic E-state index is -0.134. The Bertz CT molecular complexity index is 280. The van der Waals surface area contributed by atoms with Gasteiger partial charge < -0.3 is 15.2 Å². The highest BCUT2D eigenvalue weighted by molar-refractivity contribution is 5.74. The zero-order valence-electron chi connectivity index (χ0n) is 7.12. The SMILES string of the molecule is O=C(NCc1ccon1)NC1CC1. The number of nitrogens with one attached hydrogen (secondary N) is 2. The van der Waals surface area contributed by atoms with Gasteiger partial charge in [-0.1, -0.05) is 5.16 Å². The van der Waals surface area contributed by atoms with Gasteiger partial charge in [0.1, 0.15) is 12.0 Å². The van der Waals surface area contributed by atoms with Gasteiger partial charge in [0.15, 0.2) is 0 Å². The number of hydrogen-bond acceptors (Lipinski definition) is 3. The second-order valence-corrected chi connectivity index (χ2v) is 3.09. The summed E-state index contributed by atoms with van der Waals surface area (Å²) in [6.07, 6.45) is 3.67. The summed E-state index contributed by atoms with van der Waals surface area (Å²) in [5, 5.41) is 9.16. The molecule has 0 aromatic carbocycles. The van der Waals surface area contributed by atoms with Gasteiger partial charge in [0, 0.05) is 12.1 Å². The van der Waals surface area contributed by atoms with E-state index in [1.54, 1.807) is 6.07 Å². The van der Waals surface area contributed by atoms with Crippen LogP contribution in [0.2, 0.25) is 0 Å². The number of aromatic nitrogens is 1. The van der Waals surface area contributed by atoms with Crippen LogP contribution in [-0.4, -0.2) is 17.2 Å². The highest BCUT2D eigenvalue weighted by Crippen LogP contribution is 2.18. The average molecular weight is 181 g/mol. The molecule has 0 saturated heterocycles. The van der Waals surface area contributed by atoms with Crippen LogP contribution in [0.25, 0.3) is 0 Å². The highest BCUT2D eigenvalue weighted by atomic mass is 16.5. The molecule has 1 heterocycles. The Morgan fingerprint density at radius 1 is 1.69 bits per heavy atom. The number of nitrogens with zero attached hydrogens (tertiary/aromatic N) is 1. The van der Waals surface area contributed by atoms with Crippen molar-refractivity contribution >= 4 is 6.03 Å². The van der Waals surface area contributed by atoms with Crippen LogP contribution < -0.4 is 10.6 Å². The highest BCUT2D eigenvalue weighted by Gasteiger charge is 2.22. The van der Waals surface area contributed by atoms with Gasteiger partial charge in [-0.2, -0.15) is 0 Å². The van der Waals surface area contributed by atoms with Crippen LogP contribution in [0.5, 0.6) is 0 Å². The Kier molecular flexibility index (Phi) is 2.16. The number of rotatable bonds is 3. The Labute approximate surface area is 75.5 Å². The molecule has 2 rings (SSSR count). The normalized spacial score (nSPS) is 15.4. The van der Waals surface area contributed by atoms with Gasteiger partial charge in [0.05, 0.1) is 6.54 Å². The Balaban J connectivity index is 1.69. The van der Waals surface area contributed by atoms with E-state index in [1.165, 1.54) is 6.26 Å². The van der Waals surface area contributed by atoms with Crippen molar-refractivity contribution in [1.29, 1.82) is 0 Å². The third kappa shape index (κ3) is 2.47. The monoisotopic (exact) mass is 181 g/mol. The molecule has 2 N–H and O–H groups in total. The maximum Gasteiger partial charge on any atom is 0.315 e. The van der Waals surface area contributed by atoms with E-state index in [0.717, 1.165) is 18.5 Å². The van der Waals surface area contributed by atoms with Gasteiger partial charge in [0.2, 0.25) is 0 Å². The van der Waals surface area contributed by atoms with Crippen LogP contribution in [0.15, 0.2) is 16.9 Å². The number of carbonyl (C=O) groups excluding carboxylic acids is 1. The molecule has 0 spiro atoms. The van der Waals surface area contributed by atoms with Crippen molar-refractivity contribution in [2.45, 2.75) is 25.4 Å². The van der Waals surface area contributed by atoms with Crippen LogP contribution in [0.4, 0.5) is 4.79 Å². The zero-order valence-corrected chi connectivity index (χ0v) is 7.12. The molecular weight excluding hydrogens is 170 g/mol. The quantitative estimate of drug-likeness (QED) is 0.718. The molecule has 1 aromatic heterocycles. The number of carbonyl (C=O) groups is 1. The third-order valence-corrected chi connectivity index (χ3v) is 1.83. The van der Waals surface area contributed by atoms with Crippen molar-refractivity contribution in [3.05, 3.63) is 18.0 Å². The molecule has 1 aromatic rings. The third-order valence-electron chi connectivity index (χ3n) is 1.83. The predicted octanol–water partition coefficient (Wildman–Crippen LogP) is 0.636. The average Bonchev–Trinajstić information content (AvgIpc) is 2.78. The Hall–Kier alpha value is -1.52. The van der Waals surface area contributed by atoms with Crippen LogP contribution >= 0.6 is 0 Å². The summed E-state index contributed by atoms with van der Waals surface area (Å²) in [5.74, 6) is 0. The lowest BCUT2D eigenvalue weighted by molar-refractivity contribution is 0.240. The fourth-order valence-electron chi connectivity index (χ4n) is 0.964. The first-order chi connectivity index (χ1) is 6.34. The lowest BCUT2D eigenvalue weighted by Gasteiger charge is -2.03. The first kappa shape index (κ1) is 8.10. The smallest absolute Gasteiger partial charge is 0.315 e. The van der Waals surface area contributed by atoms with Gasteiger partial charge in [-0.15, -0.1) is 0 Å². The van der Waals surface area contributed by atoms with Gasteiger partial charge in [-0.25, -0.2) is 4.79 Å². The molecule has 2 amide bonds. The lowest BCUT2D eigenvalue weighted by Crippen LogP contribution is -2.36. The molecule has 13 heavy (non-hydrogen) atoms. The number of urea groups is 1. The van der Waals surface area contributed by atoms with Crippen molar-refractivity contribution in [1.82, 2.24) is 15.8 Å². The molecule has 5 heteroatoms. The van der Waals surface area contributed by atoms with Crippen molar-refractivity contribution in [2.75, 3.05) is 0 Å². The van der Waals surface area contributed by atoms with Gasteiger partial charge in [-0.05, 0) is 12.8 Å². The number of amides is 2. The molecule has 0 atom stereocenters. The van der Waals surface area contributed by atoms with Crippen LogP contribution in [0.3, 0.4) is 0 Å². The molecule has 0 radical (unpaired) electrons. The maximum absolute atomic E-state index is 11.1. The van der Waals surface area contributed by atoms with E-state index in [4.69, 9.17) is 0 Å². The van der Waals surface area contributed by atoms with Crippen molar-refractivity contribution in [3.63, 3.8) is 0 Å². The molecule has 1 aliphatic rings. The lowest BCUT2D eigenvalue weighted by atomic mass is 10.4. The summed E-state index contributed by atoms with van der Waals surface area (Å²) in [6.45, 7) is 0.412. The number of hydrogen-bond donors (Lipinski definition) is 2. The largest absolute Gasteiger partial charge is 0.364 e. The first-order valence-electron chi connectivity index (χ1n) is 4.28. The van der Waals surface area contributed by atoms with E-state index in [9.17, 15) is 4.79 Å². The van der Waals surface area contributed by atoms with E-state index in [-0.39, 0.29) is 6.03 Å². The Morgan fingerprint density at radius 2 is 2.54 bits per heavy atom. The fraction of sp³-hybridized carbons (Fsp3) is 0.500. The first-order valence-corrected chi connectivity index (χ1v) is 4.28. The van der Waals surface area contributed by atoms with E-state index in [2.05, 4.69) is 20.3 Å². The van der Waals surface area contributed by atoms with E-state index in [0.29, 0.717) is 12.6 Å². The molecule has 1 fully saturated rings. The van der Waals surface area contributed by atoms with Crippen LogP contribution in [0.1, 0.15) is 18.5 Å². The topological polar surface area (TPSA) is 67.2 Å². The van der Waals surface area contributed by atoms with Gasteiger partial charge in [-0.3, -0.25) is 0 Å². The summed E-state index contributed by atoms with van der Waals surface area (Å²) in [4.78, 5) is 11.1. The second-order valence-electron chi connectivity index (χ2n) is 3.09. The molecule has 0 bridgehead atoms. The second kappa shape index (κ2) is 3.47. The summed E-state index contributed by atoms with van der Waals surface area (Å²) in [5.41, 5.74) is 0.728. The van der Waals surface area contributed by atoms with Crippen molar-refractivity contribution in [3.8, 4) is 0 Å². The zero-order chi connectivity index (χ0) is 9.10. The van der Waals surface area contributed by atoms with E-state index in [1.807, 2.05) is 0 Å². The molecule has 70 valence electrons. The minimum absolute atomic E-state index is 0.134. The van der Waals surface area contributed by atoms with Crippen LogP contribution in [-0.2, 0) is 6.54 Å². The van der Waals surface area contributed by atoms with E-state index >= 15 is 0 Å². The molecule has 0 aliphatic heterocycles. The van der Waals surface area contributed by atoms with Gasteiger partial charge in [0.25, 0.3) is 0 Å². The van der Waals surface area contributed by atoms with Gasteiger partial charge >= 0.3 is 6.03 Å². The molecular formula is C8H11N3O2. The summed E-state index contributed by atoms with van der Waals surface area (Å²) in [7, 11) is 0. The molecule has 5 nitrogen and oxygen atoms in total. The molecule has 1 saturated carbocycles. The summed E-state index contributed by atoms with van der Waals surface area (Å²) < 4.78 is 4.62. The fourth-order valence-corrected chi connectivity index (χ4v) is 0.964. The minimum Gasteiger partial charge on any atom is -0.364 e. The molecule has 1 aliphatic carbocycles. The van der Waals surface area contributed by atoms with Crippen molar-refractivity contribution < 1.29 is 9.32 Å². The van der Waals surface area contributed by atoms with Crippen molar-refractivity contribution in [2.24, 2.45) is 0 Å². The molecule has 0 unspecified atom stereocenters. The standard InChI is InChI=1S/C8H11N3O2/c12-8(10-6-1-2-6)9-5-7-3-4-13-11-7/h3-4,6H,1-2,5H2,(H2,9,10,12). The maximum atomic E-state index is 11.1. The van der Waals surface area contributed by atoms with Crippen LogP contribution in [0, 0.1) is 0 Å². The van der Waals surface area contributed by atoms with E-state index < -0.39 is 0 Å². The summed E-state index contributed by atoms with van der Waals surface area (Å²) >= 11 is 0. The summed E-state index contributed by atoms with van der Waals surface area (Å²) in [6, 6.07) is 1.97.